The third kappa shape index (κ3) is 2.16. The Kier molecular flexibility index (Phi) is 3.52. The predicted octanol–water partition coefficient (Wildman–Crippen LogP) is 0.767. The van der Waals surface area contributed by atoms with Crippen LogP contribution < -0.4 is 4.90 Å². The van der Waals surface area contributed by atoms with Gasteiger partial charge >= 0.3 is 7.05 Å². The molecule has 2 aliphatic rings. The summed E-state index contributed by atoms with van der Waals surface area (Å²) in [5.41, 5.74) is 2.63. The Morgan fingerprint density at radius 1 is 1.37 bits per heavy atom. The van der Waals surface area contributed by atoms with Crippen molar-refractivity contribution in [3.63, 3.8) is 0 Å². The average molecular weight is 260 g/mol. The van der Waals surface area contributed by atoms with Crippen molar-refractivity contribution in [1.29, 1.82) is 0 Å². The minimum Gasteiger partial charge on any atom is -0.437 e. The van der Waals surface area contributed by atoms with Crippen molar-refractivity contribution in [2.75, 3.05) is 31.1 Å². The molecule has 2 N–H and O–H groups in total. The zero-order valence-corrected chi connectivity index (χ0v) is 11.4. The smallest absolute Gasteiger partial charge is 0.376 e. The molecule has 1 fully saturated rings. The molecule has 19 heavy (non-hydrogen) atoms. The first kappa shape index (κ1) is 13.0. The van der Waals surface area contributed by atoms with E-state index in [0.29, 0.717) is 18.5 Å². The molecule has 0 amide bonds. The summed E-state index contributed by atoms with van der Waals surface area (Å²) in [6.45, 7) is 4.56. The molecular formula is C14H21BN2O2. The van der Waals surface area contributed by atoms with Crippen LogP contribution in [-0.2, 0) is 0 Å². The fourth-order valence-electron chi connectivity index (χ4n) is 3.62. The topological polar surface area (TPSA) is 46.9 Å². The summed E-state index contributed by atoms with van der Waals surface area (Å²) in [5.74, 6) is 0.450. The zero-order valence-electron chi connectivity index (χ0n) is 11.4. The molecule has 2 aliphatic heterocycles. The monoisotopic (exact) mass is 260 g/mol. The number of aliphatic hydroxyl groups excluding tert-OH is 1. The van der Waals surface area contributed by atoms with Crippen LogP contribution in [0, 0.1) is 0 Å². The number of nitrogens with zero attached hydrogens (tertiary/aromatic N) is 2. The van der Waals surface area contributed by atoms with Gasteiger partial charge in [0.15, 0.2) is 0 Å². The van der Waals surface area contributed by atoms with Gasteiger partial charge in [0, 0.05) is 24.2 Å². The lowest BCUT2D eigenvalue weighted by atomic mass is 9.78. The van der Waals surface area contributed by atoms with Gasteiger partial charge in [0.1, 0.15) is 0 Å². The first-order valence-corrected chi connectivity index (χ1v) is 7.11. The molecule has 1 aromatic rings. The van der Waals surface area contributed by atoms with E-state index in [9.17, 15) is 10.1 Å². The molecule has 2 heterocycles. The lowest BCUT2D eigenvalue weighted by Crippen LogP contribution is -2.51. The van der Waals surface area contributed by atoms with Crippen LogP contribution >= 0.6 is 0 Å². The Morgan fingerprint density at radius 2 is 2.16 bits per heavy atom. The molecule has 5 heteroatoms. The van der Waals surface area contributed by atoms with E-state index in [1.54, 1.807) is 0 Å². The van der Waals surface area contributed by atoms with E-state index in [1.165, 1.54) is 11.3 Å². The van der Waals surface area contributed by atoms with Gasteiger partial charge in [-0.25, -0.2) is 0 Å². The van der Waals surface area contributed by atoms with Crippen LogP contribution in [0.5, 0.6) is 0 Å². The summed E-state index contributed by atoms with van der Waals surface area (Å²) in [7, 11) is -0.375. The summed E-state index contributed by atoms with van der Waals surface area (Å²) in [6, 6.07) is 8.96. The van der Waals surface area contributed by atoms with Crippen LogP contribution in [0.2, 0.25) is 6.82 Å². The zero-order chi connectivity index (χ0) is 13.4. The van der Waals surface area contributed by atoms with Gasteiger partial charge in [0.05, 0.1) is 6.61 Å². The average Bonchev–Trinajstić information content (AvgIpc) is 2.74. The molecule has 0 radical (unpaired) electrons. The van der Waals surface area contributed by atoms with Crippen molar-refractivity contribution < 1.29 is 10.1 Å². The minimum absolute atomic E-state index is 0.192. The van der Waals surface area contributed by atoms with Gasteiger partial charge in [0.25, 0.3) is 0 Å². The number of hydrogen-bond donors (Lipinski definition) is 2. The maximum Gasteiger partial charge on any atom is 0.376 e. The molecule has 2 atom stereocenters. The lowest BCUT2D eigenvalue weighted by molar-refractivity contribution is 0.251. The maximum atomic E-state index is 9.79. The molecule has 4 nitrogen and oxygen atoms in total. The van der Waals surface area contributed by atoms with Crippen molar-refractivity contribution >= 4 is 12.7 Å². The molecule has 3 rings (SSSR count). The molecule has 0 bridgehead atoms. The van der Waals surface area contributed by atoms with Gasteiger partial charge in [-0.05, 0) is 38.0 Å². The van der Waals surface area contributed by atoms with Crippen molar-refractivity contribution in [1.82, 2.24) is 4.81 Å². The number of anilines is 1. The van der Waals surface area contributed by atoms with Crippen molar-refractivity contribution in [2.24, 2.45) is 0 Å². The summed E-state index contributed by atoms with van der Waals surface area (Å²) in [5, 5.41) is 19.1. The summed E-state index contributed by atoms with van der Waals surface area (Å²) in [4.78, 5) is 4.49. The number of fused-ring (bicyclic) bond motifs is 3. The van der Waals surface area contributed by atoms with Gasteiger partial charge in [-0.15, -0.1) is 0 Å². The van der Waals surface area contributed by atoms with Crippen LogP contribution in [0.1, 0.15) is 17.9 Å². The van der Waals surface area contributed by atoms with Gasteiger partial charge < -0.3 is 19.8 Å². The number of β-amino-alcohol motifs (C(OH)–C–C–N with tert-alkyl or cyclic N) is 1. The molecule has 0 aromatic heterocycles. The largest absolute Gasteiger partial charge is 0.437 e. The van der Waals surface area contributed by atoms with Gasteiger partial charge in [-0.3, -0.25) is 0 Å². The highest BCUT2D eigenvalue weighted by atomic mass is 16.3. The number of benzene rings is 1. The van der Waals surface area contributed by atoms with E-state index < -0.39 is 0 Å². The predicted molar refractivity (Wildman–Crippen MR) is 77.4 cm³/mol. The fourth-order valence-corrected chi connectivity index (χ4v) is 3.62. The minimum atomic E-state index is -0.375. The Hall–Kier alpha value is -1.04. The highest BCUT2D eigenvalue weighted by molar-refractivity contribution is 6.45. The van der Waals surface area contributed by atoms with E-state index >= 15 is 0 Å². The number of rotatable bonds is 3. The van der Waals surface area contributed by atoms with E-state index in [-0.39, 0.29) is 13.7 Å². The van der Waals surface area contributed by atoms with E-state index in [4.69, 9.17) is 0 Å². The molecule has 2 unspecified atom stereocenters. The number of piperidine rings is 1. The third-order valence-corrected chi connectivity index (χ3v) is 4.52. The summed E-state index contributed by atoms with van der Waals surface area (Å²) in [6.07, 6.45) is 1.05. The molecular weight excluding hydrogens is 239 g/mol. The standard InChI is InChI=1S/C14H21BN2O2/c1-15(19)16-7-6-14-12(10-16)11-4-2-3-5-13(11)17(14)8-9-18/h2-5,12,14,18-19H,6-10H2,1H3. The van der Waals surface area contributed by atoms with E-state index in [2.05, 4.69) is 34.0 Å². The lowest BCUT2D eigenvalue weighted by Gasteiger charge is -2.39. The highest BCUT2D eigenvalue weighted by Crippen LogP contribution is 2.44. The molecule has 1 aromatic carbocycles. The Balaban J connectivity index is 1.91. The Morgan fingerprint density at radius 3 is 2.89 bits per heavy atom. The molecule has 0 aliphatic carbocycles. The second-order valence-corrected chi connectivity index (χ2v) is 5.57. The maximum absolute atomic E-state index is 9.79. The summed E-state index contributed by atoms with van der Waals surface area (Å²) < 4.78 is 0. The van der Waals surface area contributed by atoms with Crippen LogP contribution in [-0.4, -0.2) is 54.3 Å². The summed E-state index contributed by atoms with van der Waals surface area (Å²) >= 11 is 0. The second-order valence-electron chi connectivity index (χ2n) is 5.57. The molecule has 0 spiro atoms. The molecule has 102 valence electrons. The van der Waals surface area contributed by atoms with Crippen LogP contribution in [0.25, 0.3) is 0 Å². The van der Waals surface area contributed by atoms with Crippen molar-refractivity contribution in [2.45, 2.75) is 25.2 Å². The Bertz CT molecular complexity index is 455. The third-order valence-electron chi connectivity index (χ3n) is 4.52. The fraction of sp³-hybridized carbons (Fsp3) is 0.571. The van der Waals surface area contributed by atoms with Crippen LogP contribution in [0.15, 0.2) is 24.3 Å². The number of aliphatic hydroxyl groups is 1. The number of hydrogen-bond acceptors (Lipinski definition) is 4. The number of para-hydroxylation sites is 1. The quantitative estimate of drug-likeness (QED) is 0.788. The Labute approximate surface area is 114 Å². The molecule has 0 saturated carbocycles. The SMILES string of the molecule is CB(O)N1CCC2C(C1)c1ccccc1N2CCO. The first-order chi connectivity index (χ1) is 9.22. The van der Waals surface area contributed by atoms with E-state index in [0.717, 1.165) is 19.5 Å². The van der Waals surface area contributed by atoms with Crippen LogP contribution in [0.4, 0.5) is 5.69 Å². The second kappa shape index (κ2) is 5.15. The highest BCUT2D eigenvalue weighted by Gasteiger charge is 2.42. The van der Waals surface area contributed by atoms with Crippen molar-refractivity contribution in [3.8, 4) is 0 Å². The first-order valence-electron chi connectivity index (χ1n) is 7.11. The van der Waals surface area contributed by atoms with E-state index in [1.807, 2.05) is 6.82 Å². The van der Waals surface area contributed by atoms with Crippen LogP contribution in [0.3, 0.4) is 0 Å². The normalized spacial score (nSPS) is 26.2. The van der Waals surface area contributed by atoms with Gasteiger partial charge in [-0.2, -0.15) is 0 Å². The van der Waals surface area contributed by atoms with Gasteiger partial charge in [0.2, 0.25) is 0 Å². The van der Waals surface area contributed by atoms with Gasteiger partial charge in [-0.1, -0.05) is 18.2 Å². The molecule has 1 saturated heterocycles. The van der Waals surface area contributed by atoms with Crippen molar-refractivity contribution in [3.05, 3.63) is 29.8 Å².